The van der Waals surface area contributed by atoms with E-state index in [0.717, 1.165) is 44.5 Å². The van der Waals surface area contributed by atoms with Crippen molar-refractivity contribution in [3.05, 3.63) is 42.2 Å². The highest BCUT2D eigenvalue weighted by Crippen LogP contribution is 2.34. The van der Waals surface area contributed by atoms with Gasteiger partial charge in [-0.1, -0.05) is 12.1 Å². The van der Waals surface area contributed by atoms with Gasteiger partial charge in [0.2, 0.25) is 0 Å². The van der Waals surface area contributed by atoms with Gasteiger partial charge in [0.15, 0.2) is 11.6 Å². The van der Waals surface area contributed by atoms with Gasteiger partial charge in [-0.05, 0) is 43.5 Å². The van der Waals surface area contributed by atoms with Crippen LogP contribution < -0.4 is 4.74 Å². The number of methoxy groups -OCH3 is 1. The van der Waals surface area contributed by atoms with Gasteiger partial charge in [0.25, 0.3) is 0 Å². The number of halogens is 1. The van der Waals surface area contributed by atoms with Gasteiger partial charge < -0.3 is 9.84 Å². The van der Waals surface area contributed by atoms with Crippen molar-refractivity contribution in [2.24, 2.45) is 5.41 Å². The molecule has 116 valence electrons. The molecule has 1 fully saturated rings. The summed E-state index contributed by atoms with van der Waals surface area (Å²) in [6.45, 7) is 6.57. The van der Waals surface area contributed by atoms with E-state index in [-0.39, 0.29) is 23.6 Å². The molecule has 0 radical (unpaired) electrons. The van der Waals surface area contributed by atoms with E-state index in [1.54, 1.807) is 12.1 Å². The number of likely N-dealkylation sites (tertiary alicyclic amines) is 1. The van der Waals surface area contributed by atoms with Gasteiger partial charge in [0.1, 0.15) is 0 Å². The van der Waals surface area contributed by atoms with E-state index in [2.05, 4.69) is 11.5 Å². The second-order valence-electron chi connectivity index (χ2n) is 5.93. The van der Waals surface area contributed by atoms with E-state index in [9.17, 15) is 9.50 Å². The van der Waals surface area contributed by atoms with Crippen LogP contribution in [0.2, 0.25) is 0 Å². The summed E-state index contributed by atoms with van der Waals surface area (Å²) >= 11 is 0. The Balaban J connectivity index is 2.07. The minimum absolute atomic E-state index is 0.0792. The molecule has 0 aliphatic carbocycles. The topological polar surface area (TPSA) is 32.7 Å². The third-order valence-electron chi connectivity index (χ3n) is 4.27. The molecule has 3 nitrogen and oxygen atoms in total. The lowest BCUT2D eigenvalue weighted by Gasteiger charge is -2.41. The number of hydrogen-bond donors (Lipinski definition) is 1. The van der Waals surface area contributed by atoms with Crippen LogP contribution in [-0.4, -0.2) is 36.8 Å². The highest BCUT2D eigenvalue weighted by molar-refractivity contribution is 5.30. The number of piperidine rings is 1. The zero-order chi connectivity index (χ0) is 15.3. The van der Waals surface area contributed by atoms with Crippen LogP contribution in [0.4, 0.5) is 4.39 Å². The van der Waals surface area contributed by atoms with Crippen molar-refractivity contribution in [2.45, 2.75) is 25.8 Å². The van der Waals surface area contributed by atoms with Gasteiger partial charge in [-0.3, -0.25) is 4.90 Å². The molecule has 0 bridgehead atoms. The molecule has 0 unspecified atom stereocenters. The second kappa shape index (κ2) is 7.05. The van der Waals surface area contributed by atoms with Crippen molar-refractivity contribution in [3.8, 4) is 5.75 Å². The fourth-order valence-electron chi connectivity index (χ4n) is 3.17. The third-order valence-corrected chi connectivity index (χ3v) is 4.27. The molecule has 0 spiro atoms. The Morgan fingerprint density at radius 1 is 1.52 bits per heavy atom. The number of aliphatic hydroxyl groups excluding tert-OH is 1. The van der Waals surface area contributed by atoms with Crippen molar-refractivity contribution in [1.29, 1.82) is 0 Å². The Bertz CT molecular complexity index is 492. The fourth-order valence-corrected chi connectivity index (χ4v) is 3.17. The Kier molecular flexibility index (Phi) is 5.37. The van der Waals surface area contributed by atoms with Crippen LogP contribution in [0.1, 0.15) is 24.8 Å². The number of ether oxygens (including phenoxy) is 1. The highest BCUT2D eigenvalue weighted by Gasteiger charge is 2.33. The van der Waals surface area contributed by atoms with Crippen LogP contribution in [0.5, 0.6) is 5.75 Å². The Hall–Kier alpha value is -1.39. The average molecular weight is 293 g/mol. The number of nitrogens with zero attached hydrogens (tertiary/aromatic N) is 1. The second-order valence-corrected chi connectivity index (χ2v) is 5.93. The lowest BCUT2D eigenvalue weighted by molar-refractivity contribution is 0.0309. The van der Waals surface area contributed by atoms with E-state index >= 15 is 0 Å². The minimum Gasteiger partial charge on any atom is -0.494 e. The first-order valence-corrected chi connectivity index (χ1v) is 7.39. The standard InChI is InChI=1S/C17H24FNO2/c1-3-7-17(13-20)8-4-9-19(12-17)11-14-5-6-15(18)16(10-14)21-2/h3,5-6,10,20H,1,4,7-9,11-13H2,2H3/t17-/m0/s1. The molecule has 21 heavy (non-hydrogen) atoms. The lowest BCUT2D eigenvalue weighted by atomic mass is 9.78. The van der Waals surface area contributed by atoms with Crippen LogP contribution in [-0.2, 0) is 6.54 Å². The van der Waals surface area contributed by atoms with E-state index in [4.69, 9.17) is 4.74 Å². The predicted molar refractivity (Wildman–Crippen MR) is 81.8 cm³/mol. The summed E-state index contributed by atoms with van der Waals surface area (Å²) in [5, 5.41) is 9.73. The van der Waals surface area contributed by atoms with Gasteiger partial charge in [0, 0.05) is 18.5 Å². The van der Waals surface area contributed by atoms with Crippen molar-refractivity contribution in [1.82, 2.24) is 4.90 Å². The molecule has 1 aromatic carbocycles. The normalized spacial score (nSPS) is 23.0. The van der Waals surface area contributed by atoms with Gasteiger partial charge in [-0.25, -0.2) is 4.39 Å². The van der Waals surface area contributed by atoms with Crippen LogP contribution in [0.3, 0.4) is 0 Å². The largest absolute Gasteiger partial charge is 0.494 e. The van der Waals surface area contributed by atoms with Crippen molar-refractivity contribution >= 4 is 0 Å². The Labute approximate surface area is 126 Å². The predicted octanol–water partition coefficient (Wildman–Crippen LogP) is 2.98. The van der Waals surface area contributed by atoms with Gasteiger partial charge >= 0.3 is 0 Å². The maximum absolute atomic E-state index is 13.4. The molecular weight excluding hydrogens is 269 g/mol. The molecule has 0 aromatic heterocycles. The number of aliphatic hydroxyl groups is 1. The molecule has 1 heterocycles. The summed E-state index contributed by atoms with van der Waals surface area (Å²) in [5.41, 5.74) is 0.949. The summed E-state index contributed by atoms with van der Waals surface area (Å²) in [6.07, 6.45) is 4.80. The van der Waals surface area contributed by atoms with E-state index in [1.807, 2.05) is 6.08 Å². The fraction of sp³-hybridized carbons (Fsp3) is 0.529. The summed E-state index contributed by atoms with van der Waals surface area (Å²) in [5.74, 6) is -0.0553. The van der Waals surface area contributed by atoms with E-state index < -0.39 is 0 Å². The Morgan fingerprint density at radius 3 is 3.00 bits per heavy atom. The monoisotopic (exact) mass is 293 g/mol. The first kappa shape index (κ1) is 16.0. The molecule has 0 amide bonds. The van der Waals surface area contributed by atoms with Crippen LogP contribution in [0.25, 0.3) is 0 Å². The summed E-state index contributed by atoms with van der Waals surface area (Å²) in [7, 11) is 1.48. The quantitative estimate of drug-likeness (QED) is 0.819. The number of rotatable bonds is 6. The molecule has 1 N–H and O–H groups in total. The molecule has 1 aromatic rings. The Morgan fingerprint density at radius 2 is 2.33 bits per heavy atom. The maximum Gasteiger partial charge on any atom is 0.165 e. The molecule has 2 rings (SSSR count). The van der Waals surface area contributed by atoms with Crippen LogP contribution in [0.15, 0.2) is 30.9 Å². The first-order valence-electron chi connectivity index (χ1n) is 7.39. The summed E-state index contributed by atoms with van der Waals surface area (Å²) in [6, 6.07) is 4.99. The molecule has 1 saturated heterocycles. The maximum atomic E-state index is 13.4. The van der Waals surface area contributed by atoms with Crippen molar-refractivity contribution < 1.29 is 14.2 Å². The molecule has 1 aliphatic heterocycles. The molecule has 1 atom stereocenters. The SMILES string of the molecule is C=CC[C@]1(CO)CCCN(Cc2ccc(F)c(OC)c2)C1. The molecule has 1 aliphatic rings. The zero-order valence-electron chi connectivity index (χ0n) is 12.6. The summed E-state index contributed by atoms with van der Waals surface area (Å²) in [4.78, 5) is 2.32. The number of hydrogen-bond acceptors (Lipinski definition) is 3. The average Bonchev–Trinajstić information content (AvgIpc) is 2.50. The minimum atomic E-state index is -0.337. The van der Waals surface area contributed by atoms with Gasteiger partial charge in [-0.15, -0.1) is 6.58 Å². The summed E-state index contributed by atoms with van der Waals surface area (Å²) < 4.78 is 18.5. The highest BCUT2D eigenvalue weighted by atomic mass is 19.1. The molecule has 4 heteroatoms. The number of allylic oxidation sites excluding steroid dienone is 1. The van der Waals surface area contributed by atoms with Crippen LogP contribution >= 0.6 is 0 Å². The van der Waals surface area contributed by atoms with Crippen molar-refractivity contribution in [3.63, 3.8) is 0 Å². The first-order chi connectivity index (χ1) is 10.1. The number of benzene rings is 1. The molecular formula is C17H24FNO2. The van der Waals surface area contributed by atoms with E-state index in [0.29, 0.717) is 0 Å². The van der Waals surface area contributed by atoms with Gasteiger partial charge in [-0.2, -0.15) is 0 Å². The molecule has 0 saturated carbocycles. The third kappa shape index (κ3) is 3.83. The van der Waals surface area contributed by atoms with Crippen LogP contribution in [0, 0.1) is 11.2 Å². The lowest BCUT2D eigenvalue weighted by Crippen LogP contribution is -2.44. The van der Waals surface area contributed by atoms with E-state index in [1.165, 1.54) is 13.2 Å². The van der Waals surface area contributed by atoms with Gasteiger partial charge in [0.05, 0.1) is 13.7 Å². The zero-order valence-corrected chi connectivity index (χ0v) is 12.6. The van der Waals surface area contributed by atoms with Crippen molar-refractivity contribution in [2.75, 3.05) is 26.8 Å². The smallest absolute Gasteiger partial charge is 0.165 e.